The summed E-state index contributed by atoms with van der Waals surface area (Å²) < 4.78 is 4.67. The van der Waals surface area contributed by atoms with Crippen molar-refractivity contribution in [2.75, 3.05) is 12.4 Å². The maximum Gasteiger partial charge on any atom is 0.337 e. The van der Waals surface area contributed by atoms with Crippen LogP contribution in [0.5, 0.6) is 0 Å². The lowest BCUT2D eigenvalue weighted by atomic mass is 9.81. The monoisotopic (exact) mass is 397 g/mol. The summed E-state index contributed by atoms with van der Waals surface area (Å²) in [6.45, 7) is 8.39. The van der Waals surface area contributed by atoms with Gasteiger partial charge in [-0.15, -0.1) is 11.3 Å². The summed E-state index contributed by atoms with van der Waals surface area (Å²) in [4.78, 5) is 25.3. The predicted molar refractivity (Wildman–Crippen MR) is 109 cm³/mol. The normalized spacial score (nSPS) is 16.6. The Labute approximate surface area is 168 Å². The van der Waals surface area contributed by atoms with Crippen LogP contribution in [0.1, 0.15) is 64.4 Å². The van der Waals surface area contributed by atoms with Gasteiger partial charge in [0.15, 0.2) is 0 Å². The molecule has 1 amide bonds. The lowest BCUT2D eigenvalue weighted by Gasteiger charge is -2.42. The fourth-order valence-corrected chi connectivity index (χ4v) is 5.01. The van der Waals surface area contributed by atoms with Gasteiger partial charge in [0, 0.05) is 21.5 Å². The summed E-state index contributed by atoms with van der Waals surface area (Å²) in [5.74, 6) is -0.779. The van der Waals surface area contributed by atoms with Crippen LogP contribution in [0.2, 0.25) is 0 Å². The number of benzene rings is 1. The van der Waals surface area contributed by atoms with Gasteiger partial charge in [0.05, 0.1) is 18.2 Å². The van der Waals surface area contributed by atoms with Crippen molar-refractivity contribution < 1.29 is 14.3 Å². The van der Waals surface area contributed by atoms with E-state index < -0.39 is 5.97 Å². The third-order valence-corrected chi connectivity index (χ3v) is 6.22. The molecule has 7 heteroatoms. The Kier molecular flexibility index (Phi) is 5.04. The van der Waals surface area contributed by atoms with Crippen molar-refractivity contribution in [3.8, 4) is 6.07 Å². The number of amides is 1. The smallest absolute Gasteiger partial charge is 0.337 e. The number of rotatable bonds is 3. The van der Waals surface area contributed by atoms with E-state index in [2.05, 4.69) is 49.1 Å². The van der Waals surface area contributed by atoms with Gasteiger partial charge < -0.3 is 15.4 Å². The van der Waals surface area contributed by atoms with Gasteiger partial charge >= 0.3 is 5.97 Å². The fraction of sp³-hybridized carbons (Fsp3) is 0.381. The average Bonchev–Trinajstić information content (AvgIpc) is 2.97. The molecule has 0 bridgehead atoms. The molecule has 0 atom stereocenters. The molecular weight excluding hydrogens is 374 g/mol. The molecule has 0 fully saturated rings. The molecule has 2 N–H and O–H groups in total. The minimum absolute atomic E-state index is 0.145. The van der Waals surface area contributed by atoms with Crippen molar-refractivity contribution in [3.05, 3.63) is 51.4 Å². The van der Waals surface area contributed by atoms with Gasteiger partial charge in [0.2, 0.25) is 0 Å². The number of nitrogens with one attached hydrogen (secondary N) is 2. The highest BCUT2D eigenvalue weighted by atomic mass is 32.1. The Balaban J connectivity index is 1.91. The van der Waals surface area contributed by atoms with Gasteiger partial charge in [-0.05, 0) is 63.9 Å². The third-order valence-electron chi connectivity index (χ3n) is 4.75. The van der Waals surface area contributed by atoms with E-state index in [4.69, 9.17) is 0 Å². The number of esters is 1. The summed E-state index contributed by atoms with van der Waals surface area (Å²) in [6, 6.07) is 8.49. The average molecular weight is 398 g/mol. The first kappa shape index (κ1) is 20.1. The molecule has 2 aromatic rings. The molecule has 0 spiro atoms. The van der Waals surface area contributed by atoms with E-state index in [1.54, 1.807) is 24.3 Å². The van der Waals surface area contributed by atoms with Crippen LogP contribution >= 0.6 is 11.3 Å². The fourth-order valence-electron chi connectivity index (χ4n) is 3.78. The van der Waals surface area contributed by atoms with Crippen molar-refractivity contribution in [3.63, 3.8) is 0 Å². The molecule has 3 rings (SSSR count). The molecule has 1 aromatic carbocycles. The Morgan fingerprint density at radius 1 is 1.18 bits per heavy atom. The molecule has 0 unspecified atom stereocenters. The number of thiophene rings is 1. The van der Waals surface area contributed by atoms with E-state index in [-0.39, 0.29) is 17.0 Å². The van der Waals surface area contributed by atoms with Crippen LogP contribution < -0.4 is 10.6 Å². The summed E-state index contributed by atoms with van der Waals surface area (Å²) in [5.41, 5.74) is 1.87. The molecule has 2 heterocycles. The number of hydrogen-bond acceptors (Lipinski definition) is 6. The summed E-state index contributed by atoms with van der Waals surface area (Å²) >= 11 is 1.44. The molecular formula is C21H23N3O3S. The molecule has 6 nitrogen and oxygen atoms in total. The van der Waals surface area contributed by atoms with E-state index in [1.165, 1.54) is 18.4 Å². The van der Waals surface area contributed by atoms with Gasteiger partial charge in [-0.1, -0.05) is 0 Å². The second-order valence-corrected chi connectivity index (χ2v) is 9.08. The molecule has 0 saturated carbocycles. The van der Waals surface area contributed by atoms with E-state index in [1.807, 2.05) is 0 Å². The summed E-state index contributed by atoms with van der Waals surface area (Å²) in [6.07, 6.45) is 0.717. The lowest BCUT2D eigenvalue weighted by Crippen LogP contribution is -2.54. The SMILES string of the molecule is COC(=O)c1ccc(C(=O)Nc2sc3c(c2C#N)CC(C)(C)NC3(C)C)cc1. The van der Waals surface area contributed by atoms with Crippen molar-refractivity contribution >= 4 is 28.2 Å². The molecule has 0 radical (unpaired) electrons. The van der Waals surface area contributed by atoms with Crippen LogP contribution in [0.4, 0.5) is 5.00 Å². The van der Waals surface area contributed by atoms with Crippen LogP contribution in [0.15, 0.2) is 24.3 Å². The standard InChI is InChI=1S/C21H23N3O3S/c1-20(2)10-14-15(11-22)18(28-16(14)21(3,4)24-20)23-17(25)12-6-8-13(9-7-12)19(26)27-5/h6-9,24H,10H2,1-5H3,(H,23,25). The van der Waals surface area contributed by atoms with Crippen molar-refractivity contribution in [2.45, 2.75) is 45.2 Å². The van der Waals surface area contributed by atoms with E-state index in [0.29, 0.717) is 21.7 Å². The number of methoxy groups -OCH3 is 1. The van der Waals surface area contributed by atoms with Crippen LogP contribution in [0.3, 0.4) is 0 Å². The number of hydrogen-bond donors (Lipinski definition) is 2. The van der Waals surface area contributed by atoms with Gasteiger partial charge in [-0.3, -0.25) is 4.79 Å². The molecule has 1 aliphatic heterocycles. The number of fused-ring (bicyclic) bond motifs is 1. The minimum atomic E-state index is -0.456. The van der Waals surface area contributed by atoms with Gasteiger partial charge in [0.1, 0.15) is 11.1 Å². The van der Waals surface area contributed by atoms with E-state index in [9.17, 15) is 14.9 Å². The number of carbonyl (C=O) groups excluding carboxylic acids is 2. The first-order valence-corrected chi connectivity index (χ1v) is 9.75. The molecule has 1 aromatic heterocycles. The first-order valence-electron chi connectivity index (χ1n) is 8.93. The molecule has 146 valence electrons. The van der Waals surface area contributed by atoms with E-state index in [0.717, 1.165) is 16.9 Å². The van der Waals surface area contributed by atoms with Crippen LogP contribution in [0, 0.1) is 11.3 Å². The zero-order chi connectivity index (χ0) is 20.7. The maximum atomic E-state index is 12.7. The molecule has 1 aliphatic rings. The van der Waals surface area contributed by atoms with Gasteiger partial charge in [-0.2, -0.15) is 5.26 Å². The summed E-state index contributed by atoms with van der Waals surface area (Å²) in [7, 11) is 1.31. The van der Waals surface area contributed by atoms with Crippen LogP contribution in [-0.4, -0.2) is 24.5 Å². The largest absolute Gasteiger partial charge is 0.465 e. The quantitative estimate of drug-likeness (QED) is 0.769. The minimum Gasteiger partial charge on any atom is -0.465 e. The second kappa shape index (κ2) is 7.04. The van der Waals surface area contributed by atoms with Crippen LogP contribution in [0.25, 0.3) is 0 Å². The Morgan fingerprint density at radius 3 is 2.36 bits per heavy atom. The molecule has 0 aliphatic carbocycles. The number of nitriles is 1. The van der Waals surface area contributed by atoms with Gasteiger partial charge in [-0.25, -0.2) is 4.79 Å². The highest BCUT2D eigenvalue weighted by Gasteiger charge is 2.40. The number of carbonyl (C=O) groups is 2. The van der Waals surface area contributed by atoms with Crippen LogP contribution in [-0.2, 0) is 16.7 Å². The summed E-state index contributed by atoms with van der Waals surface area (Å²) in [5, 5.41) is 16.8. The van der Waals surface area contributed by atoms with Crippen molar-refractivity contribution in [2.24, 2.45) is 0 Å². The van der Waals surface area contributed by atoms with Crippen molar-refractivity contribution in [1.29, 1.82) is 5.26 Å². The van der Waals surface area contributed by atoms with Gasteiger partial charge in [0.25, 0.3) is 5.91 Å². The molecule has 0 saturated heterocycles. The number of nitrogens with zero attached hydrogens (tertiary/aromatic N) is 1. The highest BCUT2D eigenvalue weighted by Crippen LogP contribution is 2.44. The first-order chi connectivity index (χ1) is 13.1. The maximum absolute atomic E-state index is 12.7. The molecule has 28 heavy (non-hydrogen) atoms. The Morgan fingerprint density at radius 2 is 1.79 bits per heavy atom. The zero-order valence-corrected chi connectivity index (χ0v) is 17.4. The highest BCUT2D eigenvalue weighted by molar-refractivity contribution is 7.17. The Bertz CT molecular complexity index is 982. The van der Waals surface area contributed by atoms with E-state index >= 15 is 0 Å². The predicted octanol–water partition coefficient (Wildman–Crippen LogP) is 3.82. The topological polar surface area (TPSA) is 91.2 Å². The third kappa shape index (κ3) is 3.66. The second-order valence-electron chi connectivity index (χ2n) is 8.06. The number of anilines is 1. The van der Waals surface area contributed by atoms with Crippen molar-refractivity contribution in [1.82, 2.24) is 5.32 Å². The Hall–Kier alpha value is -2.69. The lowest BCUT2D eigenvalue weighted by molar-refractivity contribution is 0.0600. The number of ether oxygens (including phenoxy) is 1. The zero-order valence-electron chi connectivity index (χ0n) is 16.6.